The number of amides is 1. The van der Waals surface area contributed by atoms with E-state index in [4.69, 9.17) is 5.11 Å². The molecule has 0 bridgehead atoms. The van der Waals surface area contributed by atoms with Crippen molar-refractivity contribution in [1.82, 2.24) is 5.32 Å². The van der Waals surface area contributed by atoms with E-state index in [2.05, 4.69) is 34.5 Å². The summed E-state index contributed by atoms with van der Waals surface area (Å²) in [6, 6.07) is 0. The lowest BCUT2D eigenvalue weighted by Crippen LogP contribution is -2.43. The number of Topliss-reactive ketones (excluding diaryl/α,β-unsaturated/α-hetero) is 1. The molecule has 0 aliphatic rings. The second-order valence-corrected chi connectivity index (χ2v) is 5.51. The molecule has 0 heterocycles. The van der Waals surface area contributed by atoms with Gasteiger partial charge in [-0.15, -0.1) is 0 Å². The summed E-state index contributed by atoms with van der Waals surface area (Å²) < 4.78 is 8.77. The Morgan fingerprint density at radius 2 is 1.48 bits per heavy atom. The van der Waals surface area contributed by atoms with Crippen molar-refractivity contribution in [3.05, 3.63) is 38.0 Å². The van der Waals surface area contributed by atoms with Gasteiger partial charge in [0.2, 0.25) is 5.91 Å². The SMILES string of the molecule is C=CC(=O)NC(C)(C)CC(C)=O.C=CC(=O)OCC.C=CC(=O)OCCO. The van der Waals surface area contributed by atoms with Gasteiger partial charge in [0.1, 0.15) is 12.4 Å². The van der Waals surface area contributed by atoms with Crippen LogP contribution in [-0.2, 0) is 28.7 Å². The van der Waals surface area contributed by atoms with Crippen molar-refractivity contribution < 1.29 is 33.8 Å². The van der Waals surface area contributed by atoms with Gasteiger partial charge in [-0.3, -0.25) is 9.59 Å². The molecular formula is C19H31NO7. The molecule has 27 heavy (non-hydrogen) atoms. The van der Waals surface area contributed by atoms with Crippen LogP contribution < -0.4 is 5.32 Å². The minimum absolute atomic E-state index is 0.0465. The summed E-state index contributed by atoms with van der Waals surface area (Å²) in [6.45, 7) is 16.9. The van der Waals surface area contributed by atoms with Crippen LogP contribution in [0.1, 0.15) is 34.1 Å². The van der Waals surface area contributed by atoms with Crippen molar-refractivity contribution in [2.75, 3.05) is 19.8 Å². The van der Waals surface area contributed by atoms with Gasteiger partial charge in [0, 0.05) is 24.1 Å². The number of carbonyl (C=O) groups is 4. The second-order valence-electron chi connectivity index (χ2n) is 5.51. The maximum atomic E-state index is 10.9. The number of ether oxygens (including phenoxy) is 2. The van der Waals surface area contributed by atoms with Gasteiger partial charge in [-0.25, -0.2) is 9.59 Å². The van der Waals surface area contributed by atoms with Crippen molar-refractivity contribution >= 4 is 23.6 Å². The number of esters is 2. The highest BCUT2D eigenvalue weighted by atomic mass is 16.5. The van der Waals surface area contributed by atoms with E-state index in [0.29, 0.717) is 13.0 Å². The fourth-order valence-corrected chi connectivity index (χ4v) is 1.46. The third-order valence-electron chi connectivity index (χ3n) is 2.29. The average molecular weight is 385 g/mol. The number of aliphatic hydroxyl groups is 1. The Morgan fingerprint density at radius 3 is 1.78 bits per heavy atom. The molecule has 1 amide bonds. The van der Waals surface area contributed by atoms with Gasteiger partial charge in [0.05, 0.1) is 13.2 Å². The molecule has 0 saturated carbocycles. The van der Waals surface area contributed by atoms with Crippen LogP contribution in [0.4, 0.5) is 0 Å². The highest BCUT2D eigenvalue weighted by molar-refractivity contribution is 5.88. The Balaban J connectivity index is -0.000000336. The quantitative estimate of drug-likeness (QED) is 0.456. The molecule has 0 spiro atoms. The molecule has 0 rings (SSSR count). The first-order valence-electron chi connectivity index (χ1n) is 8.12. The molecule has 0 aromatic heterocycles. The number of rotatable bonds is 9. The van der Waals surface area contributed by atoms with Gasteiger partial charge < -0.3 is 19.9 Å². The van der Waals surface area contributed by atoms with Crippen LogP contribution in [0.15, 0.2) is 38.0 Å². The maximum absolute atomic E-state index is 10.9. The van der Waals surface area contributed by atoms with Crippen LogP contribution in [0.25, 0.3) is 0 Å². The summed E-state index contributed by atoms with van der Waals surface area (Å²) in [6.07, 6.45) is 3.73. The van der Waals surface area contributed by atoms with E-state index in [1.165, 1.54) is 13.0 Å². The van der Waals surface area contributed by atoms with Crippen molar-refractivity contribution in [3.63, 3.8) is 0 Å². The summed E-state index contributed by atoms with van der Waals surface area (Å²) in [5, 5.41) is 10.8. The molecule has 154 valence electrons. The fourth-order valence-electron chi connectivity index (χ4n) is 1.46. The third kappa shape index (κ3) is 25.6. The Bertz CT molecular complexity index is 510. The molecule has 0 aliphatic carbocycles. The van der Waals surface area contributed by atoms with Gasteiger partial charge in [-0.05, 0) is 33.8 Å². The van der Waals surface area contributed by atoms with Crippen LogP contribution >= 0.6 is 0 Å². The number of hydrogen-bond acceptors (Lipinski definition) is 7. The van der Waals surface area contributed by atoms with Gasteiger partial charge in [0.25, 0.3) is 0 Å². The van der Waals surface area contributed by atoms with E-state index in [1.54, 1.807) is 20.8 Å². The molecule has 0 atom stereocenters. The van der Waals surface area contributed by atoms with E-state index in [0.717, 1.165) is 12.2 Å². The van der Waals surface area contributed by atoms with Gasteiger partial charge in [-0.2, -0.15) is 0 Å². The molecule has 0 unspecified atom stereocenters. The zero-order valence-electron chi connectivity index (χ0n) is 16.6. The molecule has 0 aromatic rings. The highest BCUT2D eigenvalue weighted by Gasteiger charge is 2.20. The standard InChI is InChI=1S/C9H15NO2.C5H8O3.C5H8O2/c1-5-8(12)10-9(3,4)6-7(2)11;1-2-5(7)8-4-3-6;1-3-5(6)7-4-2/h5H,1,6H2,2-4H3,(H,10,12);2,6H,1,3-4H2;3H,1,4H2,2H3. The molecule has 0 radical (unpaired) electrons. The van der Waals surface area contributed by atoms with E-state index < -0.39 is 11.5 Å². The first-order valence-corrected chi connectivity index (χ1v) is 8.12. The molecule has 0 saturated heterocycles. The first-order chi connectivity index (χ1) is 12.5. The zero-order chi connectivity index (χ0) is 21.9. The second kappa shape index (κ2) is 18.1. The highest BCUT2D eigenvalue weighted by Crippen LogP contribution is 2.08. The summed E-state index contributed by atoms with van der Waals surface area (Å²) in [5.74, 6) is -1.05. The van der Waals surface area contributed by atoms with E-state index in [1.807, 2.05) is 0 Å². The van der Waals surface area contributed by atoms with Crippen molar-refractivity contribution in [3.8, 4) is 0 Å². The lowest BCUT2D eigenvalue weighted by molar-refractivity contribution is -0.139. The largest absolute Gasteiger partial charge is 0.463 e. The maximum Gasteiger partial charge on any atom is 0.330 e. The van der Waals surface area contributed by atoms with E-state index >= 15 is 0 Å². The number of carbonyl (C=O) groups excluding carboxylic acids is 4. The van der Waals surface area contributed by atoms with Crippen LogP contribution in [-0.4, -0.2) is 54.1 Å². The normalized spacial score (nSPS) is 9.07. The van der Waals surface area contributed by atoms with Crippen molar-refractivity contribution in [2.45, 2.75) is 39.7 Å². The minimum atomic E-state index is -0.501. The number of hydrogen-bond donors (Lipinski definition) is 2. The first kappa shape index (κ1) is 29.0. The lowest BCUT2D eigenvalue weighted by atomic mass is 9.98. The molecule has 2 N–H and O–H groups in total. The number of nitrogens with one attached hydrogen (secondary N) is 1. The predicted molar refractivity (Wildman–Crippen MR) is 103 cm³/mol. The summed E-state index contributed by atoms with van der Waals surface area (Å²) in [7, 11) is 0. The van der Waals surface area contributed by atoms with Crippen LogP contribution in [0.5, 0.6) is 0 Å². The third-order valence-corrected chi connectivity index (χ3v) is 2.29. The van der Waals surface area contributed by atoms with E-state index in [-0.39, 0.29) is 30.9 Å². The number of ketones is 1. The smallest absolute Gasteiger partial charge is 0.330 e. The zero-order valence-corrected chi connectivity index (χ0v) is 16.6. The Labute approximate surface area is 160 Å². The lowest BCUT2D eigenvalue weighted by Gasteiger charge is -2.23. The van der Waals surface area contributed by atoms with E-state index in [9.17, 15) is 19.2 Å². The molecule has 0 fully saturated rings. The topological polar surface area (TPSA) is 119 Å². The summed E-state index contributed by atoms with van der Waals surface area (Å²) in [4.78, 5) is 41.8. The van der Waals surface area contributed by atoms with Gasteiger partial charge in [0.15, 0.2) is 0 Å². The molecule has 0 aromatic carbocycles. The Morgan fingerprint density at radius 1 is 1.00 bits per heavy atom. The molecular weight excluding hydrogens is 354 g/mol. The Hall–Kier alpha value is -2.74. The molecule has 8 heteroatoms. The van der Waals surface area contributed by atoms with Crippen LogP contribution in [0.2, 0.25) is 0 Å². The monoisotopic (exact) mass is 385 g/mol. The average Bonchev–Trinajstić information content (AvgIpc) is 2.59. The predicted octanol–water partition coefficient (Wildman–Crippen LogP) is 1.49. The van der Waals surface area contributed by atoms with Gasteiger partial charge in [-0.1, -0.05) is 19.7 Å². The van der Waals surface area contributed by atoms with Gasteiger partial charge >= 0.3 is 11.9 Å². The molecule has 8 nitrogen and oxygen atoms in total. The van der Waals surface area contributed by atoms with Crippen molar-refractivity contribution in [2.24, 2.45) is 0 Å². The Kier molecular flexibility index (Phi) is 19.4. The minimum Gasteiger partial charge on any atom is -0.463 e. The van der Waals surface area contributed by atoms with Crippen molar-refractivity contribution in [1.29, 1.82) is 0 Å². The van der Waals surface area contributed by atoms with Crippen LogP contribution in [0.3, 0.4) is 0 Å². The molecule has 0 aliphatic heterocycles. The number of aliphatic hydroxyl groups excluding tert-OH is 1. The summed E-state index contributed by atoms with van der Waals surface area (Å²) >= 11 is 0. The summed E-state index contributed by atoms with van der Waals surface area (Å²) in [5.41, 5.74) is -0.475. The fraction of sp³-hybridized carbons (Fsp3) is 0.474. The van der Waals surface area contributed by atoms with Crippen LogP contribution in [0, 0.1) is 0 Å².